The highest BCUT2D eigenvalue weighted by molar-refractivity contribution is 5.26. The van der Waals surface area contributed by atoms with Gasteiger partial charge in [0.15, 0.2) is 0 Å². The SMILES string of the molecule is COCCn1ccnc1NCC(C)(C)C. The van der Waals surface area contributed by atoms with Crippen molar-refractivity contribution in [3.05, 3.63) is 12.4 Å². The standard InChI is InChI=1S/C11H21N3O/c1-11(2,3)9-13-10-12-5-6-14(10)7-8-15-4/h5-6H,7-9H2,1-4H3,(H,12,13). The Balaban J connectivity index is 2.50. The van der Waals surface area contributed by atoms with Crippen molar-refractivity contribution in [1.82, 2.24) is 9.55 Å². The van der Waals surface area contributed by atoms with Gasteiger partial charge in [-0.3, -0.25) is 0 Å². The fourth-order valence-corrected chi connectivity index (χ4v) is 1.19. The van der Waals surface area contributed by atoms with E-state index in [2.05, 4.69) is 35.6 Å². The Morgan fingerprint density at radius 2 is 2.20 bits per heavy atom. The smallest absolute Gasteiger partial charge is 0.202 e. The Morgan fingerprint density at radius 1 is 1.47 bits per heavy atom. The predicted molar refractivity (Wildman–Crippen MR) is 62.0 cm³/mol. The fourth-order valence-electron chi connectivity index (χ4n) is 1.19. The van der Waals surface area contributed by atoms with E-state index in [9.17, 15) is 0 Å². The van der Waals surface area contributed by atoms with Crippen molar-refractivity contribution in [2.24, 2.45) is 5.41 Å². The van der Waals surface area contributed by atoms with Crippen LogP contribution >= 0.6 is 0 Å². The predicted octanol–water partition coefficient (Wildman–Crippen LogP) is 1.99. The van der Waals surface area contributed by atoms with Crippen LogP contribution in [0.25, 0.3) is 0 Å². The van der Waals surface area contributed by atoms with E-state index in [1.807, 2.05) is 6.20 Å². The number of rotatable bonds is 5. The lowest BCUT2D eigenvalue weighted by atomic mass is 9.97. The molecule has 0 atom stereocenters. The lowest BCUT2D eigenvalue weighted by molar-refractivity contribution is 0.187. The molecule has 0 aliphatic carbocycles. The largest absolute Gasteiger partial charge is 0.383 e. The van der Waals surface area contributed by atoms with Crippen LogP contribution in [0, 0.1) is 5.41 Å². The van der Waals surface area contributed by atoms with Crippen molar-refractivity contribution < 1.29 is 4.74 Å². The lowest BCUT2D eigenvalue weighted by Gasteiger charge is -2.19. The van der Waals surface area contributed by atoms with Crippen LogP contribution in [0.4, 0.5) is 5.95 Å². The summed E-state index contributed by atoms with van der Waals surface area (Å²) in [5, 5.41) is 3.34. The van der Waals surface area contributed by atoms with E-state index in [4.69, 9.17) is 4.74 Å². The van der Waals surface area contributed by atoms with Crippen molar-refractivity contribution in [1.29, 1.82) is 0 Å². The molecule has 0 saturated carbocycles. The third-order valence-electron chi connectivity index (χ3n) is 2.03. The Labute approximate surface area is 91.7 Å². The molecule has 4 heteroatoms. The first-order valence-corrected chi connectivity index (χ1v) is 5.27. The summed E-state index contributed by atoms with van der Waals surface area (Å²) in [5.74, 6) is 0.918. The fraction of sp³-hybridized carbons (Fsp3) is 0.727. The van der Waals surface area contributed by atoms with E-state index < -0.39 is 0 Å². The summed E-state index contributed by atoms with van der Waals surface area (Å²) in [6.07, 6.45) is 3.77. The van der Waals surface area contributed by atoms with Gasteiger partial charge < -0.3 is 14.6 Å². The van der Waals surface area contributed by atoms with E-state index in [1.54, 1.807) is 13.3 Å². The van der Waals surface area contributed by atoms with Crippen LogP contribution in [0.15, 0.2) is 12.4 Å². The van der Waals surface area contributed by atoms with E-state index in [1.165, 1.54) is 0 Å². The number of nitrogens with one attached hydrogen (secondary N) is 1. The first-order chi connectivity index (χ1) is 7.03. The number of aromatic nitrogens is 2. The number of hydrogen-bond acceptors (Lipinski definition) is 3. The van der Waals surface area contributed by atoms with Gasteiger partial charge in [-0.2, -0.15) is 0 Å². The van der Waals surface area contributed by atoms with Crippen molar-refractivity contribution >= 4 is 5.95 Å². The molecule has 0 fully saturated rings. The Bertz CT molecular complexity index is 288. The van der Waals surface area contributed by atoms with Crippen LogP contribution in [0.5, 0.6) is 0 Å². The van der Waals surface area contributed by atoms with Gasteiger partial charge in [0.25, 0.3) is 0 Å². The van der Waals surface area contributed by atoms with E-state index in [0.29, 0.717) is 6.61 Å². The highest BCUT2D eigenvalue weighted by Crippen LogP contribution is 2.14. The quantitative estimate of drug-likeness (QED) is 0.809. The zero-order valence-corrected chi connectivity index (χ0v) is 10.1. The second kappa shape index (κ2) is 5.16. The second-order valence-electron chi connectivity index (χ2n) is 4.85. The molecule has 1 N–H and O–H groups in total. The maximum atomic E-state index is 5.04. The normalized spacial score (nSPS) is 11.7. The number of nitrogens with zero attached hydrogens (tertiary/aromatic N) is 2. The van der Waals surface area contributed by atoms with E-state index in [-0.39, 0.29) is 5.41 Å². The van der Waals surface area contributed by atoms with Crippen LogP contribution in [0.1, 0.15) is 20.8 Å². The number of imidazole rings is 1. The number of ether oxygens (including phenoxy) is 1. The molecule has 0 aliphatic rings. The van der Waals surface area contributed by atoms with E-state index >= 15 is 0 Å². The molecular weight excluding hydrogens is 190 g/mol. The molecule has 0 radical (unpaired) electrons. The van der Waals surface area contributed by atoms with Crippen LogP contribution in [-0.4, -0.2) is 29.8 Å². The third kappa shape index (κ3) is 4.34. The Morgan fingerprint density at radius 3 is 2.80 bits per heavy atom. The Hall–Kier alpha value is -1.03. The average Bonchev–Trinajstić information content (AvgIpc) is 2.57. The first kappa shape index (κ1) is 12.0. The third-order valence-corrected chi connectivity index (χ3v) is 2.03. The van der Waals surface area contributed by atoms with Crippen molar-refractivity contribution in [2.75, 3.05) is 25.6 Å². The van der Waals surface area contributed by atoms with Gasteiger partial charge in [0.1, 0.15) is 0 Å². The topological polar surface area (TPSA) is 39.1 Å². The highest BCUT2D eigenvalue weighted by Gasteiger charge is 2.11. The van der Waals surface area contributed by atoms with Crippen LogP contribution < -0.4 is 5.32 Å². The molecule has 1 aromatic rings. The van der Waals surface area contributed by atoms with Gasteiger partial charge in [-0.1, -0.05) is 20.8 Å². The van der Waals surface area contributed by atoms with Gasteiger partial charge >= 0.3 is 0 Å². The maximum absolute atomic E-state index is 5.04. The van der Waals surface area contributed by atoms with Gasteiger partial charge in [0.05, 0.1) is 6.61 Å². The molecule has 0 unspecified atom stereocenters. The Kier molecular flexibility index (Phi) is 4.15. The zero-order chi connectivity index (χ0) is 11.3. The summed E-state index contributed by atoms with van der Waals surface area (Å²) >= 11 is 0. The molecule has 1 heterocycles. The molecule has 0 spiro atoms. The first-order valence-electron chi connectivity index (χ1n) is 5.27. The maximum Gasteiger partial charge on any atom is 0.202 e. The summed E-state index contributed by atoms with van der Waals surface area (Å²) in [7, 11) is 1.71. The molecular formula is C11H21N3O. The van der Waals surface area contributed by atoms with E-state index in [0.717, 1.165) is 19.0 Å². The van der Waals surface area contributed by atoms with Crippen molar-refractivity contribution in [2.45, 2.75) is 27.3 Å². The summed E-state index contributed by atoms with van der Waals surface area (Å²) in [6, 6.07) is 0. The van der Waals surface area contributed by atoms with Crippen LogP contribution in [0.3, 0.4) is 0 Å². The molecule has 0 bridgehead atoms. The molecule has 1 aromatic heterocycles. The highest BCUT2D eigenvalue weighted by atomic mass is 16.5. The minimum absolute atomic E-state index is 0.262. The monoisotopic (exact) mass is 211 g/mol. The molecule has 86 valence electrons. The molecule has 1 rings (SSSR count). The lowest BCUT2D eigenvalue weighted by Crippen LogP contribution is -2.21. The molecule has 0 aliphatic heterocycles. The van der Waals surface area contributed by atoms with Gasteiger partial charge in [0.2, 0.25) is 5.95 Å². The molecule has 0 saturated heterocycles. The second-order valence-corrected chi connectivity index (χ2v) is 4.85. The minimum Gasteiger partial charge on any atom is -0.383 e. The molecule has 4 nitrogen and oxygen atoms in total. The van der Waals surface area contributed by atoms with Crippen molar-refractivity contribution in [3.63, 3.8) is 0 Å². The molecule has 0 amide bonds. The summed E-state index contributed by atoms with van der Waals surface area (Å²) in [5.41, 5.74) is 0.262. The van der Waals surface area contributed by atoms with Gasteiger partial charge in [-0.15, -0.1) is 0 Å². The minimum atomic E-state index is 0.262. The number of hydrogen-bond donors (Lipinski definition) is 1. The van der Waals surface area contributed by atoms with Gasteiger partial charge in [-0.25, -0.2) is 4.98 Å². The zero-order valence-electron chi connectivity index (χ0n) is 10.1. The summed E-state index contributed by atoms with van der Waals surface area (Å²) < 4.78 is 7.10. The average molecular weight is 211 g/mol. The van der Waals surface area contributed by atoms with Gasteiger partial charge in [0, 0.05) is 32.6 Å². The van der Waals surface area contributed by atoms with Crippen LogP contribution in [-0.2, 0) is 11.3 Å². The number of methoxy groups -OCH3 is 1. The molecule has 15 heavy (non-hydrogen) atoms. The van der Waals surface area contributed by atoms with Crippen LogP contribution in [0.2, 0.25) is 0 Å². The molecule has 0 aromatic carbocycles. The summed E-state index contributed by atoms with van der Waals surface area (Å²) in [4.78, 5) is 4.27. The number of anilines is 1. The van der Waals surface area contributed by atoms with Gasteiger partial charge in [-0.05, 0) is 5.41 Å². The van der Waals surface area contributed by atoms with Crippen molar-refractivity contribution in [3.8, 4) is 0 Å². The summed E-state index contributed by atoms with van der Waals surface area (Å²) in [6.45, 7) is 9.05.